The molecule has 0 saturated carbocycles. The van der Waals surface area contributed by atoms with Crippen molar-refractivity contribution in [3.63, 3.8) is 0 Å². The average molecular weight is 498 g/mol. The number of aromatic nitrogens is 2. The SMILES string of the molecule is CCOC(=O)C1S/C(=N/N=C/c2cn(-c3cccc(Cl)c3)nc2-c2ccc(OC)cc2)NC1=O. The molecule has 0 spiro atoms. The third kappa shape index (κ3) is 5.29. The van der Waals surface area contributed by atoms with Crippen LogP contribution < -0.4 is 10.1 Å². The molecule has 1 aliphatic heterocycles. The highest BCUT2D eigenvalue weighted by Crippen LogP contribution is 2.26. The predicted octanol–water partition coefficient (Wildman–Crippen LogP) is 3.69. The zero-order valence-corrected chi connectivity index (χ0v) is 19.8. The fraction of sp³-hybridized carbons (Fsp3) is 0.174. The van der Waals surface area contributed by atoms with Gasteiger partial charge in [-0.15, -0.1) is 5.10 Å². The fourth-order valence-corrected chi connectivity index (χ4v) is 4.13. The van der Waals surface area contributed by atoms with Gasteiger partial charge in [0.2, 0.25) is 0 Å². The van der Waals surface area contributed by atoms with Gasteiger partial charge in [-0.05, 0) is 49.4 Å². The molecule has 11 heteroatoms. The molecule has 174 valence electrons. The molecule has 9 nitrogen and oxygen atoms in total. The standard InChI is InChI=1S/C23H20ClN5O4S/c1-3-33-22(31)20-21(30)26-23(34-20)27-25-12-15-13-29(17-6-4-5-16(24)11-17)28-19(15)14-7-9-18(32-2)10-8-14/h4-13,20H,3H2,1-2H3,(H,26,27,30)/b25-12+. The summed E-state index contributed by atoms with van der Waals surface area (Å²) < 4.78 is 11.8. The molecule has 1 atom stereocenters. The molecule has 0 radical (unpaired) electrons. The summed E-state index contributed by atoms with van der Waals surface area (Å²) in [5, 5.41) is 15.2. The van der Waals surface area contributed by atoms with E-state index >= 15 is 0 Å². The van der Waals surface area contributed by atoms with Gasteiger partial charge in [0.25, 0.3) is 5.91 Å². The molecule has 1 aliphatic rings. The number of benzene rings is 2. The van der Waals surface area contributed by atoms with Crippen molar-refractivity contribution >= 4 is 46.6 Å². The number of ether oxygens (including phenoxy) is 2. The first-order valence-electron chi connectivity index (χ1n) is 10.2. The van der Waals surface area contributed by atoms with E-state index in [1.165, 1.54) is 6.21 Å². The number of halogens is 1. The predicted molar refractivity (Wildman–Crippen MR) is 132 cm³/mol. The molecule has 2 heterocycles. The van der Waals surface area contributed by atoms with Crippen LogP contribution in [-0.2, 0) is 14.3 Å². The Kier molecular flexibility index (Phi) is 7.29. The molecule has 3 aromatic rings. The Hall–Kier alpha value is -3.63. The molecule has 0 bridgehead atoms. The van der Waals surface area contributed by atoms with E-state index in [1.807, 2.05) is 36.4 Å². The van der Waals surface area contributed by atoms with Crippen LogP contribution >= 0.6 is 23.4 Å². The summed E-state index contributed by atoms with van der Waals surface area (Å²) in [6.07, 6.45) is 3.34. The molecule has 1 fully saturated rings. The number of hydrogen-bond acceptors (Lipinski definition) is 8. The number of esters is 1. The second-order valence-electron chi connectivity index (χ2n) is 6.97. The summed E-state index contributed by atoms with van der Waals surface area (Å²) in [6, 6.07) is 14.8. The third-order valence-corrected chi connectivity index (χ3v) is 6.01. The molecule has 1 amide bonds. The van der Waals surface area contributed by atoms with Crippen molar-refractivity contribution in [3.8, 4) is 22.7 Å². The van der Waals surface area contributed by atoms with Gasteiger partial charge in [0.1, 0.15) is 11.4 Å². The van der Waals surface area contributed by atoms with Crippen molar-refractivity contribution in [3.05, 3.63) is 65.3 Å². The van der Waals surface area contributed by atoms with Gasteiger partial charge in [0.05, 0.1) is 25.6 Å². The Morgan fingerprint density at radius 3 is 2.79 bits per heavy atom. The molecule has 0 aliphatic carbocycles. The maximum atomic E-state index is 12.0. The number of nitrogens with one attached hydrogen (secondary N) is 1. The topological polar surface area (TPSA) is 107 Å². The van der Waals surface area contributed by atoms with Crippen molar-refractivity contribution in [1.29, 1.82) is 0 Å². The minimum Gasteiger partial charge on any atom is -0.497 e. The maximum Gasteiger partial charge on any atom is 0.329 e. The Bertz CT molecular complexity index is 1270. The minimum atomic E-state index is -0.991. The fourth-order valence-electron chi connectivity index (χ4n) is 3.14. The lowest BCUT2D eigenvalue weighted by Crippen LogP contribution is -2.31. The Morgan fingerprint density at radius 2 is 2.09 bits per heavy atom. The molecule has 1 saturated heterocycles. The van der Waals surface area contributed by atoms with E-state index in [0.29, 0.717) is 16.3 Å². The van der Waals surface area contributed by atoms with Crippen LogP contribution in [0, 0.1) is 0 Å². The molecular weight excluding hydrogens is 478 g/mol. The number of hydrogen-bond donors (Lipinski definition) is 1. The van der Waals surface area contributed by atoms with Gasteiger partial charge in [-0.25, -0.2) is 4.68 Å². The van der Waals surface area contributed by atoms with Gasteiger partial charge in [0, 0.05) is 22.3 Å². The summed E-state index contributed by atoms with van der Waals surface area (Å²) in [5.74, 6) is -0.362. The van der Waals surface area contributed by atoms with Crippen LogP contribution in [0.3, 0.4) is 0 Å². The van der Waals surface area contributed by atoms with E-state index in [9.17, 15) is 9.59 Å². The van der Waals surface area contributed by atoms with E-state index in [1.54, 1.807) is 37.0 Å². The summed E-state index contributed by atoms with van der Waals surface area (Å²) in [7, 11) is 1.60. The Balaban J connectivity index is 1.63. The van der Waals surface area contributed by atoms with E-state index < -0.39 is 17.1 Å². The van der Waals surface area contributed by atoms with Crippen LogP contribution in [0.25, 0.3) is 16.9 Å². The van der Waals surface area contributed by atoms with Gasteiger partial charge >= 0.3 is 5.97 Å². The number of amides is 1. The van der Waals surface area contributed by atoms with Crippen LogP contribution in [0.2, 0.25) is 5.02 Å². The van der Waals surface area contributed by atoms with Gasteiger partial charge in [-0.3, -0.25) is 9.59 Å². The first-order valence-corrected chi connectivity index (χ1v) is 11.5. The van der Waals surface area contributed by atoms with Crippen LogP contribution in [0.4, 0.5) is 0 Å². The van der Waals surface area contributed by atoms with E-state index in [2.05, 4.69) is 15.5 Å². The van der Waals surface area contributed by atoms with Crippen molar-refractivity contribution < 1.29 is 19.1 Å². The summed E-state index contributed by atoms with van der Waals surface area (Å²) in [5.41, 5.74) is 2.98. The average Bonchev–Trinajstić information content (AvgIpc) is 3.43. The molecule has 4 rings (SSSR count). The Labute approximate surface area is 204 Å². The molecule has 1 aromatic heterocycles. The maximum absolute atomic E-state index is 12.0. The van der Waals surface area contributed by atoms with Crippen molar-refractivity contribution in [1.82, 2.24) is 15.1 Å². The number of nitrogens with zero attached hydrogens (tertiary/aromatic N) is 4. The summed E-state index contributed by atoms with van der Waals surface area (Å²) in [6.45, 7) is 1.87. The van der Waals surface area contributed by atoms with Gasteiger partial charge < -0.3 is 14.8 Å². The molecule has 1 unspecified atom stereocenters. The van der Waals surface area contributed by atoms with Gasteiger partial charge in [-0.1, -0.05) is 29.4 Å². The number of carbonyl (C=O) groups excluding carboxylic acids is 2. The number of thioether (sulfide) groups is 1. The van der Waals surface area contributed by atoms with Crippen molar-refractivity contribution in [2.75, 3.05) is 13.7 Å². The zero-order valence-electron chi connectivity index (χ0n) is 18.3. The summed E-state index contributed by atoms with van der Waals surface area (Å²) >= 11 is 7.11. The number of carbonyl (C=O) groups is 2. The lowest BCUT2D eigenvalue weighted by atomic mass is 10.1. The largest absolute Gasteiger partial charge is 0.497 e. The molecule has 34 heavy (non-hydrogen) atoms. The quantitative estimate of drug-likeness (QED) is 0.231. The summed E-state index contributed by atoms with van der Waals surface area (Å²) in [4.78, 5) is 23.9. The second-order valence-corrected chi connectivity index (χ2v) is 8.51. The lowest BCUT2D eigenvalue weighted by molar-refractivity contribution is -0.144. The van der Waals surface area contributed by atoms with E-state index in [0.717, 1.165) is 28.8 Å². The Morgan fingerprint density at radius 1 is 1.29 bits per heavy atom. The molecule has 1 N–H and O–H groups in total. The van der Waals surface area contributed by atoms with Gasteiger partial charge in [-0.2, -0.15) is 10.2 Å². The number of rotatable bonds is 7. The highest BCUT2D eigenvalue weighted by molar-refractivity contribution is 8.16. The van der Waals surface area contributed by atoms with Gasteiger partial charge in [0.15, 0.2) is 10.4 Å². The third-order valence-electron chi connectivity index (χ3n) is 4.72. The lowest BCUT2D eigenvalue weighted by Gasteiger charge is -2.03. The first-order chi connectivity index (χ1) is 16.5. The van der Waals surface area contributed by atoms with Crippen LogP contribution in [-0.4, -0.2) is 52.0 Å². The highest BCUT2D eigenvalue weighted by atomic mass is 35.5. The monoisotopic (exact) mass is 497 g/mol. The van der Waals surface area contributed by atoms with Crippen LogP contribution in [0.15, 0.2) is 64.9 Å². The van der Waals surface area contributed by atoms with Crippen molar-refractivity contribution in [2.45, 2.75) is 12.2 Å². The van der Waals surface area contributed by atoms with E-state index in [4.69, 9.17) is 26.2 Å². The molecular formula is C23H20ClN5O4S. The first kappa shape index (κ1) is 23.5. The zero-order chi connectivity index (χ0) is 24.1. The number of methoxy groups -OCH3 is 1. The highest BCUT2D eigenvalue weighted by Gasteiger charge is 2.37. The van der Waals surface area contributed by atoms with Crippen LogP contribution in [0.5, 0.6) is 5.75 Å². The molecule has 2 aromatic carbocycles. The normalized spacial score (nSPS) is 16.7. The van der Waals surface area contributed by atoms with Crippen molar-refractivity contribution in [2.24, 2.45) is 10.2 Å². The minimum absolute atomic E-state index is 0.193. The van der Waals surface area contributed by atoms with Crippen LogP contribution in [0.1, 0.15) is 12.5 Å². The second kappa shape index (κ2) is 10.5. The van der Waals surface area contributed by atoms with E-state index in [-0.39, 0.29) is 11.8 Å². The number of amidine groups is 1. The smallest absolute Gasteiger partial charge is 0.329 e.